The average Bonchev–Trinajstić information content (AvgIpc) is 2.91. The number of likely N-dealkylation sites (N-methyl/N-ethyl adjacent to an activating group) is 1. The lowest BCUT2D eigenvalue weighted by Gasteiger charge is -2.33. The first-order valence-electron chi connectivity index (χ1n) is 6.26. The normalized spacial score (nSPS) is 16.4. The van der Waals surface area contributed by atoms with Gasteiger partial charge in [-0.3, -0.25) is 0 Å². The van der Waals surface area contributed by atoms with Crippen molar-refractivity contribution < 1.29 is 14.6 Å². The van der Waals surface area contributed by atoms with E-state index in [4.69, 9.17) is 0 Å². The standard InChI is InChI=1S/C14H18FNO2S/c1-2-16-13(8-17)14(18,9-15)11-4-3-10-5-6-19-12(10)7-11/h3-7,13,16-18H,2,8-9H2,1H3. The highest BCUT2D eigenvalue weighted by Gasteiger charge is 2.38. The molecule has 0 aliphatic carbocycles. The highest BCUT2D eigenvalue weighted by molar-refractivity contribution is 7.17. The fraction of sp³-hybridized carbons (Fsp3) is 0.429. The molecule has 104 valence electrons. The van der Waals surface area contributed by atoms with Gasteiger partial charge < -0.3 is 15.5 Å². The molecule has 19 heavy (non-hydrogen) atoms. The summed E-state index contributed by atoms with van der Waals surface area (Å²) in [4.78, 5) is 0. The maximum atomic E-state index is 13.4. The molecule has 0 amide bonds. The van der Waals surface area contributed by atoms with Gasteiger partial charge in [-0.15, -0.1) is 11.3 Å². The Morgan fingerprint density at radius 1 is 1.42 bits per heavy atom. The minimum Gasteiger partial charge on any atom is -0.395 e. The molecule has 0 saturated heterocycles. The molecule has 1 aromatic carbocycles. The van der Waals surface area contributed by atoms with Gasteiger partial charge in [0.1, 0.15) is 12.3 Å². The largest absolute Gasteiger partial charge is 0.395 e. The summed E-state index contributed by atoms with van der Waals surface area (Å²) in [7, 11) is 0. The number of aliphatic hydroxyl groups is 2. The van der Waals surface area contributed by atoms with E-state index in [0.717, 1.165) is 10.1 Å². The van der Waals surface area contributed by atoms with E-state index in [-0.39, 0.29) is 6.61 Å². The van der Waals surface area contributed by atoms with Gasteiger partial charge in [-0.1, -0.05) is 19.1 Å². The number of rotatable bonds is 6. The SMILES string of the molecule is CCNC(CO)C(O)(CF)c1ccc2ccsc2c1. The van der Waals surface area contributed by atoms with Crippen LogP contribution in [0.15, 0.2) is 29.6 Å². The fourth-order valence-electron chi connectivity index (χ4n) is 2.23. The summed E-state index contributed by atoms with van der Waals surface area (Å²) in [5.74, 6) is 0. The van der Waals surface area contributed by atoms with Crippen LogP contribution in [0.1, 0.15) is 12.5 Å². The predicted octanol–water partition coefficient (Wildman–Crippen LogP) is 2.03. The lowest BCUT2D eigenvalue weighted by atomic mass is 9.87. The Kier molecular flexibility index (Phi) is 4.52. The highest BCUT2D eigenvalue weighted by Crippen LogP contribution is 2.30. The molecule has 3 nitrogen and oxygen atoms in total. The number of halogens is 1. The van der Waals surface area contributed by atoms with E-state index in [1.54, 1.807) is 23.5 Å². The van der Waals surface area contributed by atoms with E-state index in [1.807, 2.05) is 24.4 Å². The first kappa shape index (κ1) is 14.4. The first-order chi connectivity index (χ1) is 9.15. The summed E-state index contributed by atoms with van der Waals surface area (Å²) < 4.78 is 14.4. The molecule has 2 rings (SSSR count). The molecule has 1 heterocycles. The van der Waals surface area contributed by atoms with Crippen LogP contribution in [-0.2, 0) is 5.60 Å². The molecule has 2 atom stereocenters. The fourth-order valence-corrected chi connectivity index (χ4v) is 3.05. The van der Waals surface area contributed by atoms with Gasteiger partial charge in [0.15, 0.2) is 0 Å². The summed E-state index contributed by atoms with van der Waals surface area (Å²) in [6.45, 7) is 1.14. The van der Waals surface area contributed by atoms with Crippen LogP contribution in [0.2, 0.25) is 0 Å². The number of hydrogen-bond donors (Lipinski definition) is 3. The second-order valence-electron chi connectivity index (χ2n) is 4.52. The Balaban J connectivity index is 2.43. The number of hydrogen-bond acceptors (Lipinski definition) is 4. The Bertz CT molecular complexity index is 545. The Morgan fingerprint density at radius 3 is 2.84 bits per heavy atom. The molecule has 2 unspecified atom stereocenters. The average molecular weight is 283 g/mol. The molecule has 5 heteroatoms. The second-order valence-corrected chi connectivity index (χ2v) is 5.47. The van der Waals surface area contributed by atoms with Crippen molar-refractivity contribution in [3.8, 4) is 0 Å². The smallest absolute Gasteiger partial charge is 0.135 e. The van der Waals surface area contributed by atoms with Gasteiger partial charge in [-0.2, -0.15) is 0 Å². The number of alkyl halides is 1. The van der Waals surface area contributed by atoms with E-state index in [2.05, 4.69) is 5.32 Å². The van der Waals surface area contributed by atoms with Crippen LogP contribution >= 0.6 is 11.3 Å². The van der Waals surface area contributed by atoms with Crippen LogP contribution in [0.5, 0.6) is 0 Å². The third-order valence-electron chi connectivity index (χ3n) is 3.37. The number of fused-ring (bicyclic) bond motifs is 1. The summed E-state index contributed by atoms with van der Waals surface area (Å²) in [6, 6.07) is 6.63. The van der Waals surface area contributed by atoms with Crippen molar-refractivity contribution in [2.75, 3.05) is 19.8 Å². The lowest BCUT2D eigenvalue weighted by Crippen LogP contribution is -2.52. The Labute approximate surface area is 115 Å². The number of thiophene rings is 1. The molecule has 0 radical (unpaired) electrons. The van der Waals surface area contributed by atoms with Crippen LogP contribution in [0.3, 0.4) is 0 Å². The van der Waals surface area contributed by atoms with Crippen LogP contribution in [0, 0.1) is 0 Å². The molecule has 0 bridgehead atoms. The van der Waals surface area contributed by atoms with Crippen molar-refractivity contribution >= 4 is 21.4 Å². The third-order valence-corrected chi connectivity index (χ3v) is 4.25. The second kappa shape index (κ2) is 5.96. The van der Waals surface area contributed by atoms with Gasteiger partial charge in [0, 0.05) is 4.70 Å². The van der Waals surface area contributed by atoms with E-state index in [1.165, 1.54) is 0 Å². The van der Waals surface area contributed by atoms with Crippen LogP contribution in [0.25, 0.3) is 10.1 Å². The topological polar surface area (TPSA) is 52.5 Å². The Morgan fingerprint density at radius 2 is 2.21 bits per heavy atom. The van der Waals surface area contributed by atoms with Gasteiger partial charge >= 0.3 is 0 Å². The van der Waals surface area contributed by atoms with Crippen LogP contribution in [0.4, 0.5) is 4.39 Å². The summed E-state index contributed by atoms with van der Waals surface area (Å²) in [6.07, 6.45) is 0. The van der Waals surface area contributed by atoms with Crippen molar-refractivity contribution in [2.45, 2.75) is 18.6 Å². The molecule has 0 aliphatic rings. The van der Waals surface area contributed by atoms with E-state index in [0.29, 0.717) is 12.1 Å². The van der Waals surface area contributed by atoms with Crippen LogP contribution < -0.4 is 5.32 Å². The molecular weight excluding hydrogens is 265 g/mol. The minimum atomic E-state index is -1.71. The van der Waals surface area contributed by atoms with Crippen molar-refractivity contribution in [2.24, 2.45) is 0 Å². The van der Waals surface area contributed by atoms with Gasteiger partial charge in [0.05, 0.1) is 12.6 Å². The molecule has 1 aromatic heterocycles. The van der Waals surface area contributed by atoms with Gasteiger partial charge in [-0.05, 0) is 35.0 Å². The van der Waals surface area contributed by atoms with Gasteiger partial charge in [-0.25, -0.2) is 4.39 Å². The van der Waals surface area contributed by atoms with E-state index < -0.39 is 18.3 Å². The van der Waals surface area contributed by atoms with Crippen molar-refractivity contribution in [3.63, 3.8) is 0 Å². The van der Waals surface area contributed by atoms with Gasteiger partial charge in [0.2, 0.25) is 0 Å². The van der Waals surface area contributed by atoms with Crippen molar-refractivity contribution in [1.82, 2.24) is 5.32 Å². The summed E-state index contributed by atoms with van der Waals surface area (Å²) >= 11 is 1.54. The number of nitrogens with one attached hydrogen (secondary N) is 1. The third kappa shape index (κ3) is 2.65. The van der Waals surface area contributed by atoms with E-state index in [9.17, 15) is 14.6 Å². The molecule has 0 fully saturated rings. The number of benzene rings is 1. The molecule has 3 N–H and O–H groups in total. The highest BCUT2D eigenvalue weighted by atomic mass is 32.1. The molecule has 0 spiro atoms. The zero-order chi connectivity index (χ0) is 13.9. The quantitative estimate of drug-likeness (QED) is 0.760. The molecule has 0 saturated carbocycles. The van der Waals surface area contributed by atoms with Gasteiger partial charge in [0.25, 0.3) is 0 Å². The maximum Gasteiger partial charge on any atom is 0.135 e. The van der Waals surface area contributed by atoms with Crippen molar-refractivity contribution in [1.29, 1.82) is 0 Å². The lowest BCUT2D eigenvalue weighted by molar-refractivity contribution is -0.0403. The monoisotopic (exact) mass is 283 g/mol. The zero-order valence-corrected chi connectivity index (χ0v) is 11.6. The minimum absolute atomic E-state index is 0.323. The first-order valence-corrected chi connectivity index (χ1v) is 7.14. The predicted molar refractivity (Wildman–Crippen MR) is 76.2 cm³/mol. The van der Waals surface area contributed by atoms with Crippen molar-refractivity contribution in [3.05, 3.63) is 35.2 Å². The molecular formula is C14H18FNO2S. The number of aliphatic hydroxyl groups excluding tert-OH is 1. The van der Waals surface area contributed by atoms with E-state index >= 15 is 0 Å². The summed E-state index contributed by atoms with van der Waals surface area (Å²) in [5, 5.41) is 25.9. The summed E-state index contributed by atoms with van der Waals surface area (Å²) in [5.41, 5.74) is -1.21. The molecule has 0 aliphatic heterocycles. The Hall–Kier alpha value is -1.01. The molecule has 2 aromatic rings. The van der Waals surface area contributed by atoms with Crippen LogP contribution in [-0.4, -0.2) is 36.1 Å². The maximum absolute atomic E-state index is 13.4. The zero-order valence-electron chi connectivity index (χ0n) is 10.8.